The quantitative estimate of drug-likeness (QED) is 0.602. The molecule has 0 saturated heterocycles. The molecule has 0 bridgehead atoms. The van der Waals surface area contributed by atoms with Gasteiger partial charge in [-0.1, -0.05) is 48.0 Å². The maximum atomic E-state index is 13.3. The second-order valence-corrected chi connectivity index (χ2v) is 7.39. The predicted octanol–water partition coefficient (Wildman–Crippen LogP) is 4.89. The van der Waals surface area contributed by atoms with Gasteiger partial charge in [0.25, 0.3) is 6.23 Å². The summed E-state index contributed by atoms with van der Waals surface area (Å²) < 4.78 is 19.4. The van der Waals surface area contributed by atoms with Crippen molar-refractivity contribution in [1.29, 1.82) is 0 Å². The van der Waals surface area contributed by atoms with Crippen LogP contribution in [0.1, 0.15) is 39.5 Å². The molecule has 0 fully saturated rings. The largest absolute Gasteiger partial charge is 0.461 e. The first-order valence-corrected chi connectivity index (χ1v) is 9.58. The fourth-order valence-electron chi connectivity index (χ4n) is 3.88. The predicted molar refractivity (Wildman–Crippen MR) is 109 cm³/mol. The van der Waals surface area contributed by atoms with Crippen molar-refractivity contribution in [3.05, 3.63) is 101 Å². The number of rotatable bonds is 3. The molecule has 5 rings (SSSR count). The van der Waals surface area contributed by atoms with E-state index < -0.39 is 6.23 Å². The molecule has 2 aliphatic rings. The molecule has 2 atom stereocenters. The molecule has 144 valence electrons. The van der Waals surface area contributed by atoms with Crippen LogP contribution in [0.5, 0.6) is 5.75 Å². The molecule has 0 aliphatic carbocycles. The van der Waals surface area contributed by atoms with Crippen LogP contribution < -0.4 is 4.74 Å². The third kappa shape index (κ3) is 3.09. The molecule has 0 unspecified atom stereocenters. The van der Waals surface area contributed by atoms with E-state index in [2.05, 4.69) is 24.3 Å². The Morgan fingerprint density at radius 2 is 1.76 bits per heavy atom. The van der Waals surface area contributed by atoms with E-state index in [0.717, 1.165) is 16.8 Å². The highest BCUT2D eigenvalue weighted by atomic mass is 19.1. The standard InChI is InChI=1S/C24H19FN2O2/c1-15-6-8-16(9-7-15)20-14-21-19-4-2-3-5-22(19)29-24(27(21)26-20)23(28)17-10-12-18(25)13-11-17/h2-13,21,24H,14H2,1H3/t21-,24+/m1/s1. The summed E-state index contributed by atoms with van der Waals surface area (Å²) in [4.78, 5) is 13.2. The number of ketones is 1. The highest BCUT2D eigenvalue weighted by molar-refractivity contribution is 6.03. The van der Waals surface area contributed by atoms with Crippen LogP contribution in [0.4, 0.5) is 4.39 Å². The number of carbonyl (C=O) groups is 1. The number of hydrogen-bond donors (Lipinski definition) is 0. The number of nitrogens with zero attached hydrogens (tertiary/aromatic N) is 2. The lowest BCUT2D eigenvalue weighted by molar-refractivity contribution is -0.00456. The van der Waals surface area contributed by atoms with Crippen LogP contribution >= 0.6 is 0 Å². The lowest BCUT2D eigenvalue weighted by Crippen LogP contribution is -2.45. The molecule has 3 aromatic rings. The normalized spacial score (nSPS) is 19.8. The van der Waals surface area contributed by atoms with Gasteiger partial charge in [-0.25, -0.2) is 9.40 Å². The lowest BCUT2D eigenvalue weighted by Gasteiger charge is -2.37. The van der Waals surface area contributed by atoms with Gasteiger partial charge in [0.1, 0.15) is 11.6 Å². The summed E-state index contributed by atoms with van der Waals surface area (Å²) in [6.07, 6.45) is -0.195. The third-order valence-electron chi connectivity index (χ3n) is 5.44. The fraction of sp³-hybridized carbons (Fsp3) is 0.167. The number of hydrogen-bond acceptors (Lipinski definition) is 4. The number of halogens is 1. The fourth-order valence-corrected chi connectivity index (χ4v) is 3.88. The van der Waals surface area contributed by atoms with E-state index in [1.807, 2.05) is 31.2 Å². The zero-order valence-electron chi connectivity index (χ0n) is 15.9. The molecule has 29 heavy (non-hydrogen) atoms. The number of ether oxygens (including phenoxy) is 1. The summed E-state index contributed by atoms with van der Waals surface area (Å²) in [7, 11) is 0. The summed E-state index contributed by atoms with van der Waals surface area (Å²) in [5.41, 5.74) is 4.56. The number of hydrazone groups is 1. The van der Waals surface area contributed by atoms with E-state index in [0.29, 0.717) is 17.7 Å². The molecule has 0 spiro atoms. The van der Waals surface area contributed by atoms with E-state index in [9.17, 15) is 9.18 Å². The first kappa shape index (κ1) is 17.6. The van der Waals surface area contributed by atoms with Gasteiger partial charge in [0, 0.05) is 17.5 Å². The van der Waals surface area contributed by atoms with Crippen molar-refractivity contribution in [2.24, 2.45) is 5.10 Å². The van der Waals surface area contributed by atoms with Crippen molar-refractivity contribution >= 4 is 11.5 Å². The molecule has 0 aromatic heterocycles. The Hall–Kier alpha value is -3.47. The highest BCUT2D eigenvalue weighted by Gasteiger charge is 2.43. The van der Waals surface area contributed by atoms with Crippen LogP contribution in [0.15, 0.2) is 77.9 Å². The smallest absolute Gasteiger partial charge is 0.251 e. The molecular weight excluding hydrogens is 367 g/mol. The minimum atomic E-state index is -0.886. The van der Waals surface area contributed by atoms with Gasteiger partial charge in [0.05, 0.1) is 11.8 Å². The van der Waals surface area contributed by atoms with Gasteiger partial charge >= 0.3 is 0 Å². The Morgan fingerprint density at radius 1 is 1.03 bits per heavy atom. The summed E-state index contributed by atoms with van der Waals surface area (Å²) in [6.45, 7) is 2.05. The molecular formula is C24H19FN2O2. The van der Waals surface area contributed by atoms with Crippen molar-refractivity contribution in [3.63, 3.8) is 0 Å². The number of para-hydroxylation sites is 1. The van der Waals surface area contributed by atoms with Gasteiger partial charge in [-0.05, 0) is 42.8 Å². The number of aryl methyl sites for hydroxylation is 1. The molecule has 2 aliphatic heterocycles. The van der Waals surface area contributed by atoms with Crippen molar-refractivity contribution in [3.8, 4) is 5.75 Å². The van der Waals surface area contributed by atoms with E-state index >= 15 is 0 Å². The van der Waals surface area contributed by atoms with Crippen LogP contribution in [-0.4, -0.2) is 22.7 Å². The summed E-state index contributed by atoms with van der Waals surface area (Å²) in [5.74, 6) is 0.0724. The monoisotopic (exact) mass is 386 g/mol. The molecule has 0 amide bonds. The molecule has 2 heterocycles. The molecule has 4 nitrogen and oxygen atoms in total. The number of fused-ring (bicyclic) bond motifs is 3. The van der Waals surface area contributed by atoms with Crippen LogP contribution in [-0.2, 0) is 0 Å². The maximum Gasteiger partial charge on any atom is 0.251 e. The molecule has 0 radical (unpaired) electrons. The minimum absolute atomic E-state index is 0.0781. The molecule has 0 N–H and O–H groups in total. The summed E-state index contributed by atoms with van der Waals surface area (Å²) >= 11 is 0. The van der Waals surface area contributed by atoms with Gasteiger partial charge < -0.3 is 4.74 Å². The Labute approximate surface area is 168 Å². The second-order valence-electron chi connectivity index (χ2n) is 7.39. The van der Waals surface area contributed by atoms with E-state index in [1.165, 1.54) is 29.8 Å². The van der Waals surface area contributed by atoms with Crippen LogP contribution in [0, 0.1) is 12.7 Å². The zero-order valence-corrected chi connectivity index (χ0v) is 15.9. The zero-order chi connectivity index (χ0) is 20.0. The average Bonchev–Trinajstić information content (AvgIpc) is 3.19. The number of carbonyl (C=O) groups excluding carboxylic acids is 1. The van der Waals surface area contributed by atoms with Crippen molar-refractivity contribution < 1.29 is 13.9 Å². The van der Waals surface area contributed by atoms with Crippen molar-refractivity contribution in [2.45, 2.75) is 25.6 Å². The Morgan fingerprint density at radius 3 is 2.52 bits per heavy atom. The highest BCUT2D eigenvalue weighted by Crippen LogP contribution is 2.43. The summed E-state index contributed by atoms with van der Waals surface area (Å²) in [6, 6.07) is 21.4. The van der Waals surface area contributed by atoms with Crippen molar-refractivity contribution in [1.82, 2.24) is 5.01 Å². The van der Waals surface area contributed by atoms with Gasteiger partial charge in [0.15, 0.2) is 0 Å². The SMILES string of the molecule is Cc1ccc(C2=NN3[C@H](C2)c2ccccc2O[C@H]3C(=O)c2ccc(F)cc2)cc1. The third-order valence-corrected chi connectivity index (χ3v) is 5.44. The van der Waals surface area contributed by atoms with Gasteiger partial charge in [-0.15, -0.1) is 0 Å². The Kier molecular flexibility index (Phi) is 4.16. The Balaban J connectivity index is 1.55. The second kappa shape index (κ2) is 6.85. The van der Waals surface area contributed by atoms with Crippen LogP contribution in [0.25, 0.3) is 0 Å². The first-order valence-electron chi connectivity index (χ1n) is 9.58. The van der Waals surface area contributed by atoms with E-state index in [-0.39, 0.29) is 17.6 Å². The maximum absolute atomic E-state index is 13.3. The van der Waals surface area contributed by atoms with Crippen LogP contribution in [0.3, 0.4) is 0 Å². The van der Waals surface area contributed by atoms with Gasteiger partial charge in [-0.2, -0.15) is 5.10 Å². The average molecular weight is 386 g/mol. The molecule has 5 heteroatoms. The lowest BCUT2D eigenvalue weighted by atomic mass is 9.95. The van der Waals surface area contributed by atoms with E-state index in [1.54, 1.807) is 5.01 Å². The number of Topliss-reactive ketones (excluding diaryl/α,β-unsaturated/α-hetero) is 1. The minimum Gasteiger partial charge on any atom is -0.461 e. The Bertz CT molecular complexity index is 1110. The van der Waals surface area contributed by atoms with Gasteiger partial charge in [0.2, 0.25) is 5.78 Å². The van der Waals surface area contributed by atoms with E-state index in [4.69, 9.17) is 9.84 Å². The molecule has 0 saturated carbocycles. The van der Waals surface area contributed by atoms with Crippen molar-refractivity contribution in [2.75, 3.05) is 0 Å². The van der Waals surface area contributed by atoms with Gasteiger partial charge in [-0.3, -0.25) is 4.79 Å². The topological polar surface area (TPSA) is 41.9 Å². The summed E-state index contributed by atoms with van der Waals surface area (Å²) in [5, 5.41) is 6.54. The first-order chi connectivity index (χ1) is 14.1. The van der Waals surface area contributed by atoms with Crippen LogP contribution in [0.2, 0.25) is 0 Å². The number of benzene rings is 3. The molecule has 3 aromatic carbocycles.